The van der Waals surface area contributed by atoms with Crippen LogP contribution in [0.15, 0.2) is 24.3 Å². The van der Waals surface area contributed by atoms with Crippen LogP contribution >= 0.6 is 23.5 Å². The number of thioether (sulfide) groups is 2. The van der Waals surface area contributed by atoms with Crippen molar-refractivity contribution in [3.8, 4) is 0 Å². The Morgan fingerprint density at radius 1 is 1.22 bits per heavy atom. The lowest BCUT2D eigenvalue weighted by Crippen LogP contribution is -2.40. The second-order valence-corrected chi connectivity index (χ2v) is 7.25. The first kappa shape index (κ1) is 14.3. The number of rotatable bonds is 5. The van der Waals surface area contributed by atoms with Gasteiger partial charge >= 0.3 is 0 Å². The maximum Gasteiger partial charge on any atom is 0.0295 e. The van der Waals surface area contributed by atoms with Crippen molar-refractivity contribution in [2.24, 2.45) is 0 Å². The van der Waals surface area contributed by atoms with E-state index < -0.39 is 0 Å². The van der Waals surface area contributed by atoms with Crippen molar-refractivity contribution in [1.29, 1.82) is 0 Å². The van der Waals surface area contributed by atoms with Crippen molar-refractivity contribution in [3.05, 3.63) is 35.4 Å². The summed E-state index contributed by atoms with van der Waals surface area (Å²) in [5, 5.41) is 4.28. The van der Waals surface area contributed by atoms with Crippen molar-refractivity contribution in [1.82, 2.24) is 5.32 Å². The lowest BCUT2D eigenvalue weighted by atomic mass is 10.0. The van der Waals surface area contributed by atoms with Crippen molar-refractivity contribution >= 4 is 23.5 Å². The van der Waals surface area contributed by atoms with Crippen LogP contribution in [0.3, 0.4) is 0 Å². The highest BCUT2D eigenvalue weighted by Gasteiger charge is 2.23. The highest BCUT2D eigenvalue weighted by Crippen LogP contribution is 2.27. The molecule has 100 valence electrons. The molecule has 1 aromatic rings. The van der Waals surface area contributed by atoms with Gasteiger partial charge in [0, 0.05) is 28.6 Å². The van der Waals surface area contributed by atoms with E-state index in [9.17, 15) is 0 Å². The Morgan fingerprint density at radius 2 is 1.94 bits per heavy atom. The summed E-state index contributed by atoms with van der Waals surface area (Å²) in [6.07, 6.45) is 2.28. The van der Waals surface area contributed by atoms with Gasteiger partial charge in [-0.1, -0.05) is 31.2 Å². The Hall–Kier alpha value is -0.120. The van der Waals surface area contributed by atoms with E-state index >= 15 is 0 Å². The number of benzene rings is 1. The van der Waals surface area contributed by atoms with E-state index in [1.807, 2.05) is 0 Å². The summed E-state index contributed by atoms with van der Waals surface area (Å²) in [7, 11) is 2.10. The fourth-order valence-electron chi connectivity index (χ4n) is 2.32. The lowest BCUT2D eigenvalue weighted by molar-refractivity contribution is 0.557. The molecule has 2 unspecified atom stereocenters. The standard InChI is InChI=1S/C15H23NS2/c1-3-12-4-6-13(7-5-12)10-14(16-2)15-11-17-8-9-18-15/h4-7,14-16H,3,8-11H2,1-2H3. The van der Waals surface area contributed by atoms with Crippen LogP contribution in [0.25, 0.3) is 0 Å². The number of nitrogens with one attached hydrogen (secondary N) is 1. The zero-order valence-electron chi connectivity index (χ0n) is 11.3. The SMILES string of the molecule is CCc1ccc(CC(NC)C2CSCCS2)cc1. The minimum Gasteiger partial charge on any atom is -0.316 e. The number of hydrogen-bond donors (Lipinski definition) is 1. The van der Waals surface area contributed by atoms with Gasteiger partial charge in [0.1, 0.15) is 0 Å². The van der Waals surface area contributed by atoms with Gasteiger partial charge in [-0.25, -0.2) is 0 Å². The zero-order chi connectivity index (χ0) is 12.8. The third-order valence-corrected chi connectivity index (χ3v) is 6.47. The van der Waals surface area contributed by atoms with Crippen molar-refractivity contribution < 1.29 is 0 Å². The molecule has 1 aromatic carbocycles. The van der Waals surface area contributed by atoms with Crippen molar-refractivity contribution in [2.45, 2.75) is 31.1 Å². The summed E-state index contributed by atoms with van der Waals surface area (Å²) < 4.78 is 0. The van der Waals surface area contributed by atoms with Gasteiger partial charge in [0.2, 0.25) is 0 Å². The molecule has 0 bridgehead atoms. The quantitative estimate of drug-likeness (QED) is 0.890. The molecule has 18 heavy (non-hydrogen) atoms. The molecule has 0 radical (unpaired) electrons. The molecule has 0 saturated carbocycles. The van der Waals surface area contributed by atoms with Crippen molar-refractivity contribution in [3.63, 3.8) is 0 Å². The van der Waals surface area contributed by atoms with Gasteiger partial charge in [-0.15, -0.1) is 0 Å². The Labute approximate surface area is 120 Å². The molecular formula is C15H23NS2. The summed E-state index contributed by atoms with van der Waals surface area (Å²) in [4.78, 5) is 0. The van der Waals surface area contributed by atoms with Gasteiger partial charge in [-0.05, 0) is 31.0 Å². The third kappa shape index (κ3) is 3.94. The lowest BCUT2D eigenvalue weighted by Gasteiger charge is -2.29. The summed E-state index contributed by atoms with van der Waals surface area (Å²) in [5.74, 6) is 3.92. The van der Waals surface area contributed by atoms with Gasteiger partial charge < -0.3 is 5.32 Å². The Balaban J connectivity index is 1.95. The number of likely N-dealkylation sites (N-methyl/N-ethyl adjacent to an activating group) is 1. The molecule has 0 aliphatic carbocycles. The van der Waals surface area contributed by atoms with E-state index in [0.29, 0.717) is 6.04 Å². The monoisotopic (exact) mass is 281 g/mol. The summed E-state index contributed by atoms with van der Waals surface area (Å²) in [6, 6.07) is 9.73. The molecule has 1 aliphatic rings. The first-order valence-corrected chi connectivity index (χ1v) is 8.98. The van der Waals surface area contributed by atoms with Gasteiger partial charge in [-0.3, -0.25) is 0 Å². The molecule has 1 N–H and O–H groups in total. The summed E-state index contributed by atoms with van der Waals surface area (Å²) >= 11 is 4.24. The molecule has 2 atom stereocenters. The molecule has 1 heterocycles. The fraction of sp³-hybridized carbons (Fsp3) is 0.600. The smallest absolute Gasteiger partial charge is 0.0295 e. The van der Waals surface area contributed by atoms with E-state index in [0.717, 1.165) is 18.1 Å². The molecule has 1 nitrogen and oxygen atoms in total. The van der Waals surface area contributed by atoms with Crippen LogP contribution in [-0.2, 0) is 12.8 Å². The average Bonchev–Trinajstić information content (AvgIpc) is 2.46. The molecule has 0 spiro atoms. The first-order valence-electron chi connectivity index (χ1n) is 6.78. The topological polar surface area (TPSA) is 12.0 Å². The maximum absolute atomic E-state index is 3.51. The van der Waals surface area contributed by atoms with E-state index in [4.69, 9.17) is 0 Å². The molecule has 0 aromatic heterocycles. The highest BCUT2D eigenvalue weighted by molar-refractivity contribution is 8.06. The van der Waals surface area contributed by atoms with Crippen LogP contribution in [0.4, 0.5) is 0 Å². The molecular weight excluding hydrogens is 258 g/mol. The summed E-state index contributed by atoms with van der Waals surface area (Å²) in [5.41, 5.74) is 2.89. The van der Waals surface area contributed by atoms with E-state index in [1.54, 1.807) is 0 Å². The fourth-order valence-corrected chi connectivity index (χ4v) is 5.25. The van der Waals surface area contributed by atoms with Crippen molar-refractivity contribution in [2.75, 3.05) is 24.3 Å². The molecule has 1 saturated heterocycles. The third-order valence-electron chi connectivity index (χ3n) is 3.55. The largest absolute Gasteiger partial charge is 0.316 e. The van der Waals surface area contributed by atoms with E-state index in [-0.39, 0.29) is 0 Å². The van der Waals surface area contributed by atoms with Crippen LogP contribution in [0.1, 0.15) is 18.1 Å². The Kier molecular flexibility index (Phi) is 5.93. The van der Waals surface area contributed by atoms with Gasteiger partial charge in [0.05, 0.1) is 0 Å². The van der Waals surface area contributed by atoms with Crippen LogP contribution < -0.4 is 5.32 Å². The molecule has 2 rings (SSSR count). The Morgan fingerprint density at radius 3 is 2.50 bits per heavy atom. The predicted molar refractivity (Wildman–Crippen MR) is 85.9 cm³/mol. The predicted octanol–water partition coefficient (Wildman–Crippen LogP) is 3.23. The first-order chi connectivity index (χ1) is 8.83. The van der Waals surface area contributed by atoms with E-state index in [2.05, 4.69) is 67.1 Å². The minimum atomic E-state index is 0.607. The normalized spacial score (nSPS) is 21.8. The summed E-state index contributed by atoms with van der Waals surface area (Å²) in [6.45, 7) is 2.21. The molecule has 1 aliphatic heterocycles. The Bertz CT molecular complexity index is 344. The maximum atomic E-state index is 3.51. The number of aryl methyl sites for hydroxylation is 1. The average molecular weight is 281 g/mol. The van der Waals surface area contributed by atoms with Crippen LogP contribution in [-0.4, -0.2) is 35.6 Å². The molecule has 1 fully saturated rings. The highest BCUT2D eigenvalue weighted by atomic mass is 32.2. The van der Waals surface area contributed by atoms with Crippen LogP contribution in [0, 0.1) is 0 Å². The van der Waals surface area contributed by atoms with Gasteiger partial charge in [-0.2, -0.15) is 23.5 Å². The minimum absolute atomic E-state index is 0.607. The number of hydrogen-bond acceptors (Lipinski definition) is 3. The van der Waals surface area contributed by atoms with Crippen LogP contribution in [0.2, 0.25) is 0 Å². The van der Waals surface area contributed by atoms with E-state index in [1.165, 1.54) is 28.4 Å². The van der Waals surface area contributed by atoms with Gasteiger partial charge in [0.15, 0.2) is 0 Å². The molecule has 3 heteroatoms. The zero-order valence-corrected chi connectivity index (χ0v) is 12.9. The van der Waals surface area contributed by atoms with Crippen LogP contribution in [0.5, 0.6) is 0 Å². The molecule has 0 amide bonds. The second kappa shape index (κ2) is 7.46. The second-order valence-electron chi connectivity index (χ2n) is 4.75. The van der Waals surface area contributed by atoms with Gasteiger partial charge in [0.25, 0.3) is 0 Å².